The number of sulfonamides is 1. The van der Waals surface area contributed by atoms with Gasteiger partial charge in [-0.3, -0.25) is 4.79 Å². The Balaban J connectivity index is 2.02. The summed E-state index contributed by atoms with van der Waals surface area (Å²) in [6.45, 7) is 2.17. The molecule has 3 N–H and O–H groups in total. The maximum Gasteiger partial charge on any atom is 0.573 e. The average molecular weight is 466 g/mol. The molecular weight excluding hydrogens is 441 g/mol. The molecule has 1 atom stereocenters. The number of carbonyl (C=O) groups excluding carboxylic acids is 2. The van der Waals surface area contributed by atoms with Gasteiger partial charge >= 0.3 is 12.4 Å². The summed E-state index contributed by atoms with van der Waals surface area (Å²) < 4.78 is 67.2. The van der Waals surface area contributed by atoms with Crippen LogP contribution in [-0.2, 0) is 14.8 Å². The molecule has 1 heterocycles. The molecule has 9 nitrogen and oxygen atoms in total. The van der Waals surface area contributed by atoms with Crippen molar-refractivity contribution in [3.63, 3.8) is 0 Å². The molecule has 1 fully saturated rings. The van der Waals surface area contributed by atoms with Gasteiger partial charge in [0.15, 0.2) is 0 Å². The first kappa shape index (κ1) is 24.7. The molecule has 1 unspecified atom stereocenters. The molecule has 174 valence electrons. The molecule has 3 amide bonds. The summed E-state index contributed by atoms with van der Waals surface area (Å²) in [5.74, 6) is -0.861. The van der Waals surface area contributed by atoms with Gasteiger partial charge in [0.2, 0.25) is 15.9 Å². The third kappa shape index (κ3) is 6.99. The van der Waals surface area contributed by atoms with E-state index in [1.165, 1.54) is 4.90 Å². The maximum absolute atomic E-state index is 12.8. The van der Waals surface area contributed by atoms with Gasteiger partial charge in [-0.2, -0.15) is 4.31 Å². The molecule has 0 aromatic heterocycles. The molecule has 1 aromatic carbocycles. The predicted molar refractivity (Wildman–Crippen MR) is 104 cm³/mol. The van der Waals surface area contributed by atoms with Crippen LogP contribution in [0.4, 0.5) is 18.0 Å². The molecule has 1 aromatic rings. The van der Waals surface area contributed by atoms with E-state index in [1.54, 1.807) is 0 Å². The summed E-state index contributed by atoms with van der Waals surface area (Å²) in [7, 11) is -3.96. The lowest BCUT2D eigenvalue weighted by Gasteiger charge is -2.35. The highest BCUT2D eigenvalue weighted by Crippen LogP contribution is 2.25. The molecule has 1 saturated heterocycles. The minimum Gasteiger partial charge on any atom is -0.406 e. The molecular formula is C18H25F3N4O5S. The van der Waals surface area contributed by atoms with Gasteiger partial charge in [0, 0.05) is 26.2 Å². The molecule has 1 aliphatic rings. The number of ether oxygens (including phenoxy) is 1. The van der Waals surface area contributed by atoms with Crippen LogP contribution in [0, 0.1) is 0 Å². The van der Waals surface area contributed by atoms with Crippen molar-refractivity contribution >= 4 is 22.0 Å². The van der Waals surface area contributed by atoms with Crippen molar-refractivity contribution in [2.45, 2.75) is 43.5 Å². The van der Waals surface area contributed by atoms with Crippen molar-refractivity contribution in [3.8, 4) is 5.75 Å². The van der Waals surface area contributed by atoms with Crippen LogP contribution in [0.25, 0.3) is 0 Å². The van der Waals surface area contributed by atoms with Crippen molar-refractivity contribution < 1.29 is 35.9 Å². The molecule has 0 radical (unpaired) electrons. The van der Waals surface area contributed by atoms with E-state index in [9.17, 15) is 31.2 Å². The van der Waals surface area contributed by atoms with Gasteiger partial charge in [0.1, 0.15) is 11.8 Å². The van der Waals surface area contributed by atoms with Crippen LogP contribution >= 0.6 is 0 Å². The van der Waals surface area contributed by atoms with E-state index in [0.717, 1.165) is 35.0 Å². The monoisotopic (exact) mass is 466 g/mol. The Bertz CT molecular complexity index is 869. The van der Waals surface area contributed by atoms with Gasteiger partial charge in [0.05, 0.1) is 4.90 Å². The van der Waals surface area contributed by atoms with Crippen molar-refractivity contribution in [1.29, 1.82) is 0 Å². The van der Waals surface area contributed by atoms with Crippen molar-refractivity contribution in [1.82, 2.24) is 14.5 Å². The number of primary amides is 1. The quantitative estimate of drug-likeness (QED) is 0.603. The number of piperazine rings is 1. The van der Waals surface area contributed by atoms with E-state index < -0.39 is 34.2 Å². The second kappa shape index (κ2) is 10.2. The van der Waals surface area contributed by atoms with Gasteiger partial charge < -0.3 is 20.7 Å². The number of rotatable bonds is 8. The standard InChI is InChI=1S/C18H25F3N4O5S/c1-2-3-4-15(23-17(22)27)16(26)24-9-11-25(12-10-24)31(28,29)14-7-5-13(6-8-14)30-18(19,20)21/h5-8,15H,2-4,9-12H2,1H3,(H3,22,23,27). The molecule has 0 bridgehead atoms. The maximum atomic E-state index is 12.8. The minimum atomic E-state index is -4.87. The smallest absolute Gasteiger partial charge is 0.406 e. The topological polar surface area (TPSA) is 122 Å². The number of urea groups is 1. The number of carbonyl (C=O) groups is 2. The summed E-state index contributed by atoms with van der Waals surface area (Å²) in [6.07, 6.45) is -2.92. The number of benzene rings is 1. The first-order chi connectivity index (χ1) is 14.4. The zero-order valence-electron chi connectivity index (χ0n) is 16.9. The zero-order valence-corrected chi connectivity index (χ0v) is 17.7. The van der Waals surface area contributed by atoms with E-state index in [-0.39, 0.29) is 37.0 Å². The Kier molecular flexibility index (Phi) is 8.12. The van der Waals surface area contributed by atoms with Gasteiger partial charge in [-0.25, -0.2) is 13.2 Å². The summed E-state index contributed by atoms with van der Waals surface area (Å²) in [4.78, 5) is 25.2. The third-order valence-corrected chi connectivity index (χ3v) is 6.62. The van der Waals surface area contributed by atoms with Gasteiger partial charge in [0.25, 0.3) is 0 Å². The first-order valence-corrected chi connectivity index (χ1v) is 11.1. The summed E-state index contributed by atoms with van der Waals surface area (Å²) in [5, 5.41) is 2.42. The summed E-state index contributed by atoms with van der Waals surface area (Å²) >= 11 is 0. The Morgan fingerprint density at radius 1 is 1.16 bits per heavy atom. The predicted octanol–water partition coefficient (Wildman–Crippen LogP) is 1.65. The minimum absolute atomic E-state index is 0.00590. The Labute approximate surface area is 178 Å². The lowest BCUT2D eigenvalue weighted by Crippen LogP contribution is -2.56. The largest absolute Gasteiger partial charge is 0.573 e. The number of alkyl halides is 3. The summed E-state index contributed by atoms with van der Waals surface area (Å²) in [5.41, 5.74) is 5.14. The molecule has 0 spiro atoms. The van der Waals surface area contributed by atoms with E-state index >= 15 is 0 Å². The average Bonchev–Trinajstić information content (AvgIpc) is 2.69. The van der Waals surface area contributed by atoms with Crippen LogP contribution in [0.5, 0.6) is 5.75 Å². The number of nitrogens with zero attached hydrogens (tertiary/aromatic N) is 2. The molecule has 0 saturated carbocycles. The SMILES string of the molecule is CCCCC(NC(N)=O)C(=O)N1CCN(S(=O)(=O)c2ccc(OC(F)(F)F)cc2)CC1. The number of nitrogens with one attached hydrogen (secondary N) is 1. The van der Waals surface area contributed by atoms with Crippen LogP contribution in [-0.4, -0.2) is 68.1 Å². The van der Waals surface area contributed by atoms with Crippen molar-refractivity contribution in [2.75, 3.05) is 26.2 Å². The van der Waals surface area contributed by atoms with E-state index in [0.29, 0.717) is 12.8 Å². The van der Waals surface area contributed by atoms with E-state index in [4.69, 9.17) is 5.73 Å². The third-order valence-electron chi connectivity index (χ3n) is 4.71. The lowest BCUT2D eigenvalue weighted by atomic mass is 10.1. The van der Waals surface area contributed by atoms with E-state index in [1.807, 2.05) is 6.92 Å². The number of hydrogen-bond acceptors (Lipinski definition) is 5. The van der Waals surface area contributed by atoms with Gasteiger partial charge in [-0.15, -0.1) is 13.2 Å². The highest BCUT2D eigenvalue weighted by molar-refractivity contribution is 7.89. The fourth-order valence-electron chi connectivity index (χ4n) is 3.17. The second-order valence-electron chi connectivity index (χ2n) is 6.95. The lowest BCUT2D eigenvalue weighted by molar-refractivity contribution is -0.274. The Morgan fingerprint density at radius 3 is 2.23 bits per heavy atom. The fraction of sp³-hybridized carbons (Fsp3) is 0.556. The summed E-state index contributed by atoms with van der Waals surface area (Å²) in [6, 6.07) is 2.33. The number of unbranched alkanes of at least 4 members (excludes halogenated alkanes) is 1. The Hall–Kier alpha value is -2.54. The number of halogens is 3. The number of amides is 3. The van der Waals surface area contributed by atoms with Crippen molar-refractivity contribution in [3.05, 3.63) is 24.3 Å². The second-order valence-corrected chi connectivity index (χ2v) is 8.89. The first-order valence-electron chi connectivity index (χ1n) is 9.64. The van der Waals surface area contributed by atoms with Crippen LogP contribution in [0.15, 0.2) is 29.2 Å². The number of hydrogen-bond donors (Lipinski definition) is 2. The van der Waals surface area contributed by atoms with Crippen LogP contribution in [0.2, 0.25) is 0 Å². The molecule has 1 aliphatic heterocycles. The highest BCUT2D eigenvalue weighted by Gasteiger charge is 2.34. The molecule has 13 heteroatoms. The van der Waals surface area contributed by atoms with Crippen molar-refractivity contribution in [2.24, 2.45) is 5.73 Å². The normalized spacial score (nSPS) is 16.6. The number of nitrogens with two attached hydrogens (primary N) is 1. The molecule has 2 rings (SSSR count). The van der Waals surface area contributed by atoms with Crippen LogP contribution in [0.1, 0.15) is 26.2 Å². The van der Waals surface area contributed by atoms with Gasteiger partial charge in [-0.05, 0) is 30.7 Å². The van der Waals surface area contributed by atoms with Gasteiger partial charge in [-0.1, -0.05) is 19.8 Å². The zero-order chi connectivity index (χ0) is 23.2. The Morgan fingerprint density at radius 2 is 1.74 bits per heavy atom. The molecule has 31 heavy (non-hydrogen) atoms. The molecule has 0 aliphatic carbocycles. The van der Waals surface area contributed by atoms with Crippen LogP contribution < -0.4 is 15.8 Å². The highest BCUT2D eigenvalue weighted by atomic mass is 32.2. The van der Waals surface area contributed by atoms with E-state index in [2.05, 4.69) is 10.1 Å². The van der Waals surface area contributed by atoms with Crippen LogP contribution in [0.3, 0.4) is 0 Å². The fourth-order valence-corrected chi connectivity index (χ4v) is 4.59.